The quantitative estimate of drug-likeness (QED) is 0.838. The number of amides is 1. The summed E-state index contributed by atoms with van der Waals surface area (Å²) in [6.07, 6.45) is 2.91. The van der Waals surface area contributed by atoms with Gasteiger partial charge in [0.25, 0.3) is 5.91 Å². The third-order valence-electron chi connectivity index (χ3n) is 3.78. The highest BCUT2D eigenvalue weighted by Crippen LogP contribution is 2.24. The van der Waals surface area contributed by atoms with E-state index in [2.05, 4.69) is 6.92 Å². The van der Waals surface area contributed by atoms with E-state index in [1.165, 1.54) is 0 Å². The van der Waals surface area contributed by atoms with E-state index in [1.54, 1.807) is 4.90 Å². The number of rotatable bonds is 2. The lowest BCUT2D eigenvalue weighted by atomic mass is 9.94. The number of carbonyl (C=O) groups is 1. The number of hydrogen-bond donors (Lipinski definition) is 1. The summed E-state index contributed by atoms with van der Waals surface area (Å²) in [5.41, 5.74) is 4.75. The predicted octanol–water partition coefficient (Wildman–Crippen LogP) is 2.81. The minimum atomic E-state index is -0.830. The van der Waals surface area contributed by atoms with Crippen molar-refractivity contribution in [1.82, 2.24) is 4.90 Å². The zero-order valence-corrected chi connectivity index (χ0v) is 11.0. The first-order valence-electron chi connectivity index (χ1n) is 6.56. The molecule has 1 heterocycles. The molecule has 1 aliphatic rings. The van der Waals surface area contributed by atoms with E-state index in [0.29, 0.717) is 19.0 Å². The third-order valence-corrected chi connectivity index (χ3v) is 3.78. The Kier molecular flexibility index (Phi) is 4.02. The zero-order chi connectivity index (χ0) is 14.0. The van der Waals surface area contributed by atoms with Gasteiger partial charge in [0.1, 0.15) is 5.82 Å². The van der Waals surface area contributed by atoms with Crippen LogP contribution in [0.5, 0.6) is 0 Å². The van der Waals surface area contributed by atoms with E-state index in [0.717, 1.165) is 31.4 Å². The number of likely N-dealkylation sites (tertiary alicyclic amines) is 1. The fourth-order valence-corrected chi connectivity index (χ4v) is 2.48. The van der Waals surface area contributed by atoms with Crippen molar-refractivity contribution in [3.8, 4) is 0 Å². The molecule has 104 valence electrons. The molecule has 0 unspecified atom stereocenters. The predicted molar refractivity (Wildman–Crippen MR) is 69.7 cm³/mol. The number of carbonyl (C=O) groups excluding carboxylic acids is 1. The van der Waals surface area contributed by atoms with Gasteiger partial charge in [-0.25, -0.2) is 8.78 Å². The molecule has 2 N–H and O–H groups in total. The average molecular weight is 268 g/mol. The Hall–Kier alpha value is -1.65. The lowest BCUT2D eigenvalue weighted by molar-refractivity contribution is 0.0683. The maximum Gasteiger partial charge on any atom is 0.257 e. The van der Waals surface area contributed by atoms with Gasteiger partial charge in [0, 0.05) is 13.1 Å². The number of nitrogen functional groups attached to an aromatic ring is 1. The fourth-order valence-electron chi connectivity index (χ4n) is 2.48. The van der Waals surface area contributed by atoms with Crippen molar-refractivity contribution in [2.75, 3.05) is 18.8 Å². The van der Waals surface area contributed by atoms with Gasteiger partial charge in [-0.05, 0) is 30.9 Å². The van der Waals surface area contributed by atoms with Crippen LogP contribution in [-0.4, -0.2) is 23.9 Å². The highest BCUT2D eigenvalue weighted by molar-refractivity contribution is 5.95. The van der Waals surface area contributed by atoms with Gasteiger partial charge in [-0.1, -0.05) is 13.3 Å². The molecule has 1 aliphatic heterocycles. The second-order valence-electron chi connectivity index (χ2n) is 5.00. The Morgan fingerprint density at radius 1 is 1.37 bits per heavy atom. The standard InChI is InChI=1S/C14H18F2N2O/c1-2-9-3-5-18(6-4-9)14(19)11-7-10(15)8-12(17)13(11)16/h7-9H,2-6,17H2,1H3. The summed E-state index contributed by atoms with van der Waals surface area (Å²) in [5, 5.41) is 0. The molecule has 0 bridgehead atoms. The molecule has 1 saturated heterocycles. The summed E-state index contributed by atoms with van der Waals surface area (Å²) >= 11 is 0. The fraction of sp³-hybridized carbons (Fsp3) is 0.500. The molecule has 0 aliphatic carbocycles. The monoisotopic (exact) mass is 268 g/mol. The van der Waals surface area contributed by atoms with Crippen molar-refractivity contribution in [3.63, 3.8) is 0 Å². The molecule has 0 atom stereocenters. The number of benzene rings is 1. The first-order chi connectivity index (χ1) is 9.02. The molecule has 3 nitrogen and oxygen atoms in total. The zero-order valence-electron chi connectivity index (χ0n) is 11.0. The van der Waals surface area contributed by atoms with Crippen molar-refractivity contribution < 1.29 is 13.6 Å². The molecule has 1 fully saturated rings. The topological polar surface area (TPSA) is 46.3 Å². The van der Waals surface area contributed by atoms with Gasteiger partial charge in [-0.2, -0.15) is 0 Å². The number of halogens is 2. The summed E-state index contributed by atoms with van der Waals surface area (Å²) in [5.74, 6) is -1.38. The molecular weight excluding hydrogens is 250 g/mol. The van der Waals surface area contributed by atoms with E-state index in [1.807, 2.05) is 0 Å². The van der Waals surface area contributed by atoms with E-state index in [9.17, 15) is 13.6 Å². The van der Waals surface area contributed by atoms with Gasteiger partial charge in [-0.3, -0.25) is 4.79 Å². The van der Waals surface area contributed by atoms with E-state index < -0.39 is 17.5 Å². The van der Waals surface area contributed by atoms with Gasteiger partial charge in [-0.15, -0.1) is 0 Å². The normalized spacial score (nSPS) is 16.7. The maximum atomic E-state index is 13.8. The second kappa shape index (κ2) is 5.55. The van der Waals surface area contributed by atoms with Crippen LogP contribution in [0.25, 0.3) is 0 Å². The van der Waals surface area contributed by atoms with Crippen molar-refractivity contribution in [2.45, 2.75) is 26.2 Å². The minimum Gasteiger partial charge on any atom is -0.396 e. The summed E-state index contributed by atoms with van der Waals surface area (Å²) in [6, 6.07) is 1.80. The highest BCUT2D eigenvalue weighted by atomic mass is 19.1. The van der Waals surface area contributed by atoms with Crippen LogP contribution in [0.15, 0.2) is 12.1 Å². The van der Waals surface area contributed by atoms with Crippen molar-refractivity contribution in [2.24, 2.45) is 5.92 Å². The summed E-state index contributed by atoms with van der Waals surface area (Å²) < 4.78 is 27.0. The van der Waals surface area contributed by atoms with Gasteiger partial charge >= 0.3 is 0 Å². The van der Waals surface area contributed by atoms with Crippen LogP contribution < -0.4 is 5.73 Å². The minimum absolute atomic E-state index is 0.271. The number of anilines is 1. The summed E-state index contributed by atoms with van der Waals surface area (Å²) in [4.78, 5) is 13.8. The van der Waals surface area contributed by atoms with Crippen LogP contribution in [0.1, 0.15) is 36.5 Å². The van der Waals surface area contributed by atoms with Gasteiger partial charge in [0.05, 0.1) is 11.3 Å². The number of hydrogen-bond acceptors (Lipinski definition) is 2. The number of piperidine rings is 1. The van der Waals surface area contributed by atoms with E-state index >= 15 is 0 Å². The number of nitrogens with zero attached hydrogens (tertiary/aromatic N) is 1. The van der Waals surface area contributed by atoms with Gasteiger partial charge < -0.3 is 10.6 Å². The molecule has 2 rings (SSSR count). The molecule has 5 heteroatoms. The molecule has 1 aromatic carbocycles. The smallest absolute Gasteiger partial charge is 0.257 e. The Balaban J connectivity index is 2.17. The largest absolute Gasteiger partial charge is 0.396 e. The molecule has 0 spiro atoms. The molecular formula is C14H18F2N2O. The van der Waals surface area contributed by atoms with E-state index in [4.69, 9.17) is 5.73 Å². The van der Waals surface area contributed by atoms with E-state index in [-0.39, 0.29) is 11.3 Å². The van der Waals surface area contributed by atoms with Crippen molar-refractivity contribution in [1.29, 1.82) is 0 Å². The third kappa shape index (κ3) is 2.85. The molecule has 0 saturated carbocycles. The van der Waals surface area contributed by atoms with Gasteiger partial charge in [0.2, 0.25) is 0 Å². The van der Waals surface area contributed by atoms with Crippen LogP contribution in [-0.2, 0) is 0 Å². The molecule has 0 aromatic heterocycles. The number of nitrogens with two attached hydrogens (primary N) is 1. The van der Waals surface area contributed by atoms with Crippen LogP contribution in [0.3, 0.4) is 0 Å². The molecule has 1 aromatic rings. The highest BCUT2D eigenvalue weighted by Gasteiger charge is 2.25. The average Bonchev–Trinajstić information content (AvgIpc) is 2.42. The molecule has 0 radical (unpaired) electrons. The molecule has 1 amide bonds. The summed E-state index contributed by atoms with van der Waals surface area (Å²) in [6.45, 7) is 3.30. The second-order valence-corrected chi connectivity index (χ2v) is 5.00. The van der Waals surface area contributed by atoms with Crippen LogP contribution >= 0.6 is 0 Å². The van der Waals surface area contributed by atoms with Crippen molar-refractivity contribution >= 4 is 11.6 Å². The Morgan fingerprint density at radius 3 is 2.58 bits per heavy atom. The van der Waals surface area contributed by atoms with Gasteiger partial charge in [0.15, 0.2) is 5.82 Å². The SMILES string of the molecule is CCC1CCN(C(=O)c2cc(F)cc(N)c2F)CC1. The summed E-state index contributed by atoms with van der Waals surface area (Å²) in [7, 11) is 0. The lowest BCUT2D eigenvalue weighted by Crippen LogP contribution is -2.38. The Labute approximate surface area is 111 Å². The van der Waals surface area contributed by atoms with Crippen molar-refractivity contribution in [3.05, 3.63) is 29.3 Å². The van der Waals surface area contributed by atoms with Crippen LogP contribution in [0.4, 0.5) is 14.5 Å². The van der Waals surface area contributed by atoms with Crippen LogP contribution in [0, 0.1) is 17.6 Å². The molecule has 19 heavy (non-hydrogen) atoms. The van der Waals surface area contributed by atoms with Crippen LogP contribution in [0.2, 0.25) is 0 Å². The first kappa shape index (κ1) is 13.8. The Morgan fingerprint density at radius 2 is 2.00 bits per heavy atom. The maximum absolute atomic E-state index is 13.8. The first-order valence-corrected chi connectivity index (χ1v) is 6.56. The lowest BCUT2D eigenvalue weighted by Gasteiger charge is -2.31. The Bertz CT molecular complexity index is 483.